The first-order chi connectivity index (χ1) is 7.77. The monoisotopic (exact) mass is 240 g/mol. The summed E-state index contributed by atoms with van der Waals surface area (Å²) in [6, 6.07) is 0.321. The van der Waals surface area contributed by atoms with Crippen LogP contribution >= 0.6 is 0 Å². The van der Waals surface area contributed by atoms with E-state index >= 15 is 0 Å². The molecule has 1 rings (SSSR count). The maximum absolute atomic E-state index is 6.22. The third kappa shape index (κ3) is 4.59. The van der Waals surface area contributed by atoms with E-state index < -0.39 is 0 Å². The van der Waals surface area contributed by atoms with Gasteiger partial charge in [0.05, 0.1) is 0 Å². The second kappa shape index (κ2) is 5.71. The van der Waals surface area contributed by atoms with E-state index in [1.54, 1.807) is 0 Å². The Morgan fingerprint density at radius 3 is 2.18 bits per heavy atom. The van der Waals surface area contributed by atoms with Gasteiger partial charge < -0.3 is 10.6 Å². The van der Waals surface area contributed by atoms with Crippen molar-refractivity contribution < 1.29 is 0 Å². The Morgan fingerprint density at radius 2 is 1.76 bits per heavy atom. The third-order valence-corrected chi connectivity index (χ3v) is 4.79. The fourth-order valence-electron chi connectivity index (χ4n) is 2.42. The molecule has 1 saturated heterocycles. The zero-order valence-corrected chi connectivity index (χ0v) is 12.6. The highest BCUT2D eigenvalue weighted by Crippen LogP contribution is 2.34. The van der Waals surface area contributed by atoms with Crippen LogP contribution in [0.1, 0.15) is 60.3 Å². The van der Waals surface area contributed by atoms with Gasteiger partial charge in [-0.2, -0.15) is 0 Å². The SMILES string of the molecule is CCC1(C)CCN(CCC(N)C(C)(C)C)CC1. The summed E-state index contributed by atoms with van der Waals surface area (Å²) in [5, 5.41) is 0. The Kier molecular flexibility index (Phi) is 5.03. The molecule has 1 aliphatic heterocycles. The van der Waals surface area contributed by atoms with Gasteiger partial charge in [0.1, 0.15) is 0 Å². The quantitative estimate of drug-likeness (QED) is 0.817. The molecule has 2 heteroatoms. The topological polar surface area (TPSA) is 29.3 Å². The lowest BCUT2D eigenvalue weighted by molar-refractivity contribution is 0.108. The lowest BCUT2D eigenvalue weighted by atomic mass is 9.78. The van der Waals surface area contributed by atoms with Gasteiger partial charge in [-0.15, -0.1) is 0 Å². The van der Waals surface area contributed by atoms with Crippen molar-refractivity contribution in [2.45, 2.75) is 66.3 Å². The van der Waals surface area contributed by atoms with E-state index in [2.05, 4.69) is 39.5 Å². The molecule has 1 atom stereocenters. The molecule has 0 aromatic rings. The predicted molar refractivity (Wildman–Crippen MR) is 76.1 cm³/mol. The lowest BCUT2D eigenvalue weighted by Crippen LogP contribution is -2.42. The Hall–Kier alpha value is -0.0800. The van der Waals surface area contributed by atoms with Crippen molar-refractivity contribution in [2.24, 2.45) is 16.6 Å². The van der Waals surface area contributed by atoms with Crippen molar-refractivity contribution in [3.8, 4) is 0 Å². The Labute approximate surface area is 108 Å². The zero-order chi connectivity index (χ0) is 13.1. The van der Waals surface area contributed by atoms with Gasteiger partial charge in [-0.05, 0) is 49.7 Å². The first-order valence-corrected chi connectivity index (χ1v) is 7.25. The maximum atomic E-state index is 6.22. The van der Waals surface area contributed by atoms with E-state index in [1.165, 1.54) is 38.9 Å². The predicted octanol–water partition coefficient (Wildman–Crippen LogP) is 3.26. The van der Waals surface area contributed by atoms with E-state index in [-0.39, 0.29) is 5.41 Å². The molecule has 0 amide bonds. The molecule has 0 bridgehead atoms. The van der Waals surface area contributed by atoms with Crippen molar-refractivity contribution in [1.82, 2.24) is 4.90 Å². The van der Waals surface area contributed by atoms with Crippen LogP contribution in [0.25, 0.3) is 0 Å². The number of likely N-dealkylation sites (tertiary alicyclic amines) is 1. The van der Waals surface area contributed by atoms with Gasteiger partial charge in [-0.1, -0.05) is 41.0 Å². The largest absolute Gasteiger partial charge is 0.327 e. The number of nitrogens with zero attached hydrogens (tertiary/aromatic N) is 1. The summed E-state index contributed by atoms with van der Waals surface area (Å²) in [5.74, 6) is 0. The van der Waals surface area contributed by atoms with Gasteiger partial charge in [-0.3, -0.25) is 0 Å². The van der Waals surface area contributed by atoms with E-state index in [1.807, 2.05) is 0 Å². The highest BCUT2D eigenvalue weighted by molar-refractivity contribution is 4.83. The molecule has 0 aliphatic carbocycles. The fourth-order valence-corrected chi connectivity index (χ4v) is 2.42. The number of hydrogen-bond donors (Lipinski definition) is 1. The van der Waals surface area contributed by atoms with E-state index in [0.717, 1.165) is 6.42 Å². The number of piperidine rings is 1. The number of hydrogen-bond acceptors (Lipinski definition) is 2. The van der Waals surface area contributed by atoms with Crippen LogP contribution in [0.2, 0.25) is 0 Å². The maximum Gasteiger partial charge on any atom is 0.00998 e. The van der Waals surface area contributed by atoms with Crippen LogP contribution in [0.5, 0.6) is 0 Å². The molecule has 0 aromatic carbocycles. The van der Waals surface area contributed by atoms with Crippen LogP contribution in [0, 0.1) is 10.8 Å². The molecule has 1 fully saturated rings. The third-order valence-electron chi connectivity index (χ3n) is 4.79. The summed E-state index contributed by atoms with van der Waals surface area (Å²) in [7, 11) is 0. The number of nitrogens with two attached hydrogens (primary N) is 1. The van der Waals surface area contributed by atoms with Crippen molar-refractivity contribution in [2.75, 3.05) is 19.6 Å². The molecule has 102 valence electrons. The van der Waals surface area contributed by atoms with Crippen LogP contribution in [-0.4, -0.2) is 30.6 Å². The molecular weight excluding hydrogens is 208 g/mol. The highest BCUT2D eigenvalue weighted by atomic mass is 15.1. The molecule has 2 N–H and O–H groups in total. The van der Waals surface area contributed by atoms with Crippen molar-refractivity contribution >= 4 is 0 Å². The Bertz CT molecular complexity index is 222. The first-order valence-electron chi connectivity index (χ1n) is 7.25. The summed E-state index contributed by atoms with van der Waals surface area (Å²) in [5.41, 5.74) is 7.06. The normalized spacial score (nSPS) is 23.6. The molecule has 17 heavy (non-hydrogen) atoms. The Morgan fingerprint density at radius 1 is 1.24 bits per heavy atom. The van der Waals surface area contributed by atoms with Crippen LogP contribution in [0.4, 0.5) is 0 Å². The van der Waals surface area contributed by atoms with Gasteiger partial charge in [0.2, 0.25) is 0 Å². The van der Waals surface area contributed by atoms with Crippen molar-refractivity contribution in [3.05, 3.63) is 0 Å². The van der Waals surface area contributed by atoms with Gasteiger partial charge >= 0.3 is 0 Å². The average Bonchev–Trinajstić information content (AvgIpc) is 2.27. The molecule has 2 nitrogen and oxygen atoms in total. The highest BCUT2D eigenvalue weighted by Gasteiger charge is 2.28. The van der Waals surface area contributed by atoms with Gasteiger partial charge in [0.25, 0.3) is 0 Å². The molecular formula is C15H32N2. The zero-order valence-electron chi connectivity index (χ0n) is 12.6. The average molecular weight is 240 g/mol. The van der Waals surface area contributed by atoms with Crippen LogP contribution in [-0.2, 0) is 0 Å². The van der Waals surface area contributed by atoms with Gasteiger partial charge in [0.15, 0.2) is 0 Å². The molecule has 0 saturated carbocycles. The van der Waals surface area contributed by atoms with E-state index in [4.69, 9.17) is 5.73 Å². The summed E-state index contributed by atoms with van der Waals surface area (Å²) in [6.45, 7) is 15.2. The number of rotatable bonds is 4. The lowest BCUT2D eigenvalue weighted by Gasteiger charge is -2.39. The standard InChI is InChI=1S/C15H32N2/c1-6-15(5)8-11-17(12-9-15)10-7-13(16)14(2,3)4/h13H,6-12,16H2,1-5H3. The van der Waals surface area contributed by atoms with Crippen molar-refractivity contribution in [3.63, 3.8) is 0 Å². The summed E-state index contributed by atoms with van der Waals surface area (Å²) >= 11 is 0. The second-order valence-corrected chi connectivity index (χ2v) is 7.27. The summed E-state index contributed by atoms with van der Waals surface area (Å²) in [6.07, 6.45) is 5.16. The summed E-state index contributed by atoms with van der Waals surface area (Å²) in [4.78, 5) is 2.60. The summed E-state index contributed by atoms with van der Waals surface area (Å²) < 4.78 is 0. The molecule has 1 aliphatic rings. The molecule has 0 aromatic heterocycles. The van der Waals surface area contributed by atoms with Gasteiger partial charge in [0, 0.05) is 6.04 Å². The molecule has 0 spiro atoms. The van der Waals surface area contributed by atoms with Crippen LogP contribution in [0.3, 0.4) is 0 Å². The van der Waals surface area contributed by atoms with Crippen LogP contribution < -0.4 is 5.73 Å². The fraction of sp³-hybridized carbons (Fsp3) is 1.00. The molecule has 0 radical (unpaired) electrons. The second-order valence-electron chi connectivity index (χ2n) is 7.27. The Balaban J connectivity index is 2.28. The minimum absolute atomic E-state index is 0.244. The molecule has 1 heterocycles. The minimum atomic E-state index is 0.244. The van der Waals surface area contributed by atoms with Gasteiger partial charge in [-0.25, -0.2) is 0 Å². The van der Waals surface area contributed by atoms with Crippen molar-refractivity contribution in [1.29, 1.82) is 0 Å². The van der Waals surface area contributed by atoms with E-state index in [9.17, 15) is 0 Å². The minimum Gasteiger partial charge on any atom is -0.327 e. The van der Waals surface area contributed by atoms with E-state index in [0.29, 0.717) is 11.5 Å². The molecule has 1 unspecified atom stereocenters. The first kappa shape index (κ1) is 15.0. The smallest absolute Gasteiger partial charge is 0.00998 e. The van der Waals surface area contributed by atoms with Crippen LogP contribution in [0.15, 0.2) is 0 Å².